The fourth-order valence-corrected chi connectivity index (χ4v) is 4.23. The minimum Gasteiger partial charge on any atom is -0.385 e. The van der Waals surface area contributed by atoms with E-state index < -0.39 is 0 Å². The number of hydrogen-bond donors (Lipinski definition) is 2. The molecule has 1 aromatic rings. The van der Waals surface area contributed by atoms with Gasteiger partial charge in [-0.3, -0.25) is 4.99 Å². The predicted molar refractivity (Wildman–Crippen MR) is 119 cm³/mol. The number of rotatable bonds is 8. The van der Waals surface area contributed by atoms with Crippen molar-refractivity contribution in [3.05, 3.63) is 35.6 Å². The zero-order valence-corrected chi connectivity index (χ0v) is 18.9. The molecule has 4 nitrogen and oxygen atoms in total. The SMILES string of the molecule is CN=C(NCC1(CCOC)CCCC1)NCC1(c2ccc(F)cc2)CC1.I. The molecule has 0 spiro atoms. The quantitative estimate of drug-likeness (QED) is 0.326. The summed E-state index contributed by atoms with van der Waals surface area (Å²) < 4.78 is 18.5. The molecule has 0 saturated heterocycles. The van der Waals surface area contributed by atoms with E-state index in [2.05, 4.69) is 15.6 Å². The maximum absolute atomic E-state index is 13.2. The van der Waals surface area contributed by atoms with Gasteiger partial charge in [-0.2, -0.15) is 0 Å². The highest BCUT2D eigenvalue weighted by atomic mass is 127. The largest absolute Gasteiger partial charge is 0.385 e. The fraction of sp³-hybridized carbons (Fsp3) is 0.667. The Bertz CT molecular complexity index is 610. The van der Waals surface area contributed by atoms with E-state index in [0.717, 1.165) is 44.9 Å². The Hall–Kier alpha value is -0.890. The lowest BCUT2D eigenvalue weighted by molar-refractivity contribution is 0.138. The van der Waals surface area contributed by atoms with Gasteiger partial charge in [0.25, 0.3) is 0 Å². The number of guanidine groups is 1. The number of ether oxygens (including phenoxy) is 1. The molecule has 0 unspecified atom stereocenters. The summed E-state index contributed by atoms with van der Waals surface area (Å²) in [7, 11) is 3.60. The Morgan fingerprint density at radius 1 is 1.07 bits per heavy atom. The highest BCUT2D eigenvalue weighted by Gasteiger charge is 2.44. The Kier molecular flexibility index (Phi) is 8.34. The van der Waals surface area contributed by atoms with E-state index >= 15 is 0 Å². The van der Waals surface area contributed by atoms with Crippen molar-refractivity contribution in [2.45, 2.75) is 50.4 Å². The lowest BCUT2D eigenvalue weighted by Gasteiger charge is -2.30. The first kappa shape index (κ1) is 22.4. The maximum atomic E-state index is 13.2. The van der Waals surface area contributed by atoms with E-state index in [-0.39, 0.29) is 35.2 Å². The molecule has 2 fully saturated rings. The van der Waals surface area contributed by atoms with Crippen LogP contribution >= 0.6 is 24.0 Å². The van der Waals surface area contributed by atoms with E-state index in [4.69, 9.17) is 4.74 Å². The number of hydrogen-bond acceptors (Lipinski definition) is 2. The lowest BCUT2D eigenvalue weighted by atomic mass is 9.83. The molecule has 0 aliphatic heterocycles. The van der Waals surface area contributed by atoms with Crippen LogP contribution in [0.4, 0.5) is 4.39 Å². The Morgan fingerprint density at radius 3 is 2.26 bits per heavy atom. The van der Waals surface area contributed by atoms with Gasteiger partial charge in [-0.25, -0.2) is 4.39 Å². The molecule has 2 aliphatic rings. The van der Waals surface area contributed by atoms with Crippen LogP contribution in [0.15, 0.2) is 29.3 Å². The number of nitrogens with zero attached hydrogens (tertiary/aromatic N) is 1. The third-order valence-electron chi connectivity index (χ3n) is 6.26. The summed E-state index contributed by atoms with van der Waals surface area (Å²) in [5, 5.41) is 7.04. The van der Waals surface area contributed by atoms with Crippen LogP contribution in [-0.2, 0) is 10.2 Å². The summed E-state index contributed by atoms with van der Waals surface area (Å²) in [6, 6.07) is 6.95. The van der Waals surface area contributed by atoms with Gasteiger partial charge in [0.1, 0.15) is 5.82 Å². The molecule has 152 valence electrons. The van der Waals surface area contributed by atoms with Gasteiger partial charge >= 0.3 is 0 Å². The number of aliphatic imine (C=N–C) groups is 1. The molecule has 6 heteroatoms. The van der Waals surface area contributed by atoms with Crippen LogP contribution in [0, 0.1) is 11.2 Å². The van der Waals surface area contributed by atoms with Crippen LogP contribution in [0.1, 0.15) is 50.5 Å². The van der Waals surface area contributed by atoms with Gasteiger partial charge in [-0.15, -0.1) is 24.0 Å². The van der Waals surface area contributed by atoms with Crippen molar-refractivity contribution in [1.82, 2.24) is 10.6 Å². The summed E-state index contributed by atoms with van der Waals surface area (Å²) in [6.07, 6.45) is 8.53. The van der Waals surface area contributed by atoms with E-state index in [9.17, 15) is 4.39 Å². The molecule has 0 aromatic heterocycles. The average molecular weight is 489 g/mol. The molecule has 27 heavy (non-hydrogen) atoms. The zero-order chi connectivity index (χ0) is 18.5. The van der Waals surface area contributed by atoms with Gasteiger partial charge in [-0.05, 0) is 55.2 Å². The van der Waals surface area contributed by atoms with E-state index in [1.165, 1.54) is 31.2 Å². The van der Waals surface area contributed by atoms with Crippen molar-refractivity contribution in [3.8, 4) is 0 Å². The molecule has 2 N–H and O–H groups in total. The number of nitrogens with one attached hydrogen (secondary N) is 2. The van der Waals surface area contributed by atoms with Crippen LogP contribution in [0.25, 0.3) is 0 Å². The molecule has 0 atom stereocenters. The summed E-state index contributed by atoms with van der Waals surface area (Å²) >= 11 is 0. The van der Waals surface area contributed by atoms with Crippen LogP contribution in [0.5, 0.6) is 0 Å². The molecule has 2 aliphatic carbocycles. The van der Waals surface area contributed by atoms with Crippen molar-refractivity contribution in [3.63, 3.8) is 0 Å². The Labute approximate surface area is 179 Å². The molecule has 0 amide bonds. The monoisotopic (exact) mass is 489 g/mol. The number of halogens is 2. The second kappa shape index (κ2) is 10.0. The smallest absolute Gasteiger partial charge is 0.191 e. The highest BCUT2D eigenvalue weighted by molar-refractivity contribution is 14.0. The number of methoxy groups -OCH3 is 1. The van der Waals surface area contributed by atoms with Gasteiger partial charge in [0.05, 0.1) is 0 Å². The molecule has 0 bridgehead atoms. The third kappa shape index (κ3) is 5.79. The van der Waals surface area contributed by atoms with Gasteiger partial charge in [0.15, 0.2) is 5.96 Å². The molecular weight excluding hydrogens is 456 g/mol. The standard InChI is InChI=1S/C21H32FN3O.HI/c1-23-19(24-15-20(13-14-26-2)9-3-4-10-20)25-16-21(11-12-21)17-5-7-18(22)8-6-17;/h5-8H,3-4,9-16H2,1-2H3,(H2,23,24,25);1H. The topological polar surface area (TPSA) is 45.7 Å². The second-order valence-corrected chi connectivity index (χ2v) is 8.02. The second-order valence-electron chi connectivity index (χ2n) is 8.02. The Morgan fingerprint density at radius 2 is 1.70 bits per heavy atom. The van der Waals surface area contributed by atoms with Crippen LogP contribution in [0.3, 0.4) is 0 Å². The van der Waals surface area contributed by atoms with Crippen LogP contribution in [-0.4, -0.2) is 39.8 Å². The van der Waals surface area contributed by atoms with Crippen molar-refractivity contribution in [2.75, 3.05) is 33.9 Å². The van der Waals surface area contributed by atoms with Crippen molar-refractivity contribution >= 4 is 29.9 Å². The first-order valence-corrected chi connectivity index (χ1v) is 9.81. The number of benzene rings is 1. The normalized spacial score (nSPS) is 20.0. The van der Waals surface area contributed by atoms with Gasteiger partial charge in [0, 0.05) is 39.3 Å². The van der Waals surface area contributed by atoms with E-state index in [0.29, 0.717) is 5.41 Å². The van der Waals surface area contributed by atoms with Crippen LogP contribution < -0.4 is 10.6 Å². The summed E-state index contributed by atoms with van der Waals surface area (Å²) in [5.74, 6) is 0.690. The van der Waals surface area contributed by atoms with Crippen molar-refractivity contribution < 1.29 is 9.13 Å². The van der Waals surface area contributed by atoms with Gasteiger partial charge < -0.3 is 15.4 Å². The highest BCUT2D eigenvalue weighted by Crippen LogP contribution is 2.47. The van der Waals surface area contributed by atoms with Gasteiger partial charge in [0.2, 0.25) is 0 Å². The lowest BCUT2D eigenvalue weighted by Crippen LogP contribution is -2.45. The zero-order valence-electron chi connectivity index (χ0n) is 16.5. The molecule has 2 saturated carbocycles. The molecule has 0 heterocycles. The molecule has 3 rings (SSSR count). The first-order chi connectivity index (χ1) is 12.6. The van der Waals surface area contributed by atoms with E-state index in [1.807, 2.05) is 19.2 Å². The average Bonchev–Trinajstić information content (AvgIpc) is 3.31. The fourth-order valence-electron chi connectivity index (χ4n) is 4.23. The Balaban J connectivity index is 0.00000261. The maximum Gasteiger partial charge on any atom is 0.191 e. The molecule has 0 radical (unpaired) electrons. The summed E-state index contributed by atoms with van der Waals surface area (Å²) in [5.41, 5.74) is 1.68. The summed E-state index contributed by atoms with van der Waals surface area (Å²) in [4.78, 5) is 4.40. The first-order valence-electron chi connectivity index (χ1n) is 9.81. The van der Waals surface area contributed by atoms with Crippen molar-refractivity contribution in [2.24, 2.45) is 10.4 Å². The molecule has 1 aromatic carbocycles. The minimum atomic E-state index is -0.173. The predicted octanol–water partition coefficient (Wildman–Crippen LogP) is 4.24. The van der Waals surface area contributed by atoms with Crippen LogP contribution in [0.2, 0.25) is 0 Å². The van der Waals surface area contributed by atoms with E-state index in [1.54, 1.807) is 19.2 Å². The van der Waals surface area contributed by atoms with Crippen molar-refractivity contribution in [1.29, 1.82) is 0 Å². The molecular formula is C21H33FIN3O. The summed E-state index contributed by atoms with van der Waals surface area (Å²) in [6.45, 7) is 2.60. The van der Waals surface area contributed by atoms with Gasteiger partial charge in [-0.1, -0.05) is 25.0 Å². The minimum absolute atomic E-state index is 0. The third-order valence-corrected chi connectivity index (χ3v) is 6.26.